The molecule has 0 bridgehead atoms. The van der Waals surface area contributed by atoms with E-state index in [4.69, 9.17) is 10.5 Å². The van der Waals surface area contributed by atoms with E-state index in [-0.39, 0.29) is 11.2 Å². The van der Waals surface area contributed by atoms with Gasteiger partial charge < -0.3 is 10.5 Å². The molecule has 6 nitrogen and oxygen atoms in total. The molecule has 1 aromatic carbocycles. The molecule has 2 aromatic rings. The number of nitrogens with two attached hydrogens (primary N) is 1. The van der Waals surface area contributed by atoms with Crippen molar-refractivity contribution < 1.29 is 9.53 Å². The highest BCUT2D eigenvalue weighted by Gasteiger charge is 2.25. The van der Waals surface area contributed by atoms with Gasteiger partial charge in [-0.1, -0.05) is 31.0 Å². The number of thioether (sulfide) groups is 1. The highest BCUT2D eigenvalue weighted by molar-refractivity contribution is 8.00. The van der Waals surface area contributed by atoms with Crippen LogP contribution in [0.3, 0.4) is 0 Å². The first-order chi connectivity index (χ1) is 12.1. The van der Waals surface area contributed by atoms with Crippen LogP contribution in [0.1, 0.15) is 45.1 Å². The quantitative estimate of drug-likeness (QED) is 0.798. The number of carbonyl (C=O) groups excluding carboxylic acids is 1. The van der Waals surface area contributed by atoms with Crippen LogP contribution in [0.5, 0.6) is 5.75 Å². The third-order valence-electron chi connectivity index (χ3n) is 4.64. The molecular weight excluding hydrogens is 336 g/mol. The van der Waals surface area contributed by atoms with Crippen LogP contribution >= 0.6 is 11.8 Å². The van der Waals surface area contributed by atoms with Crippen LogP contribution in [0.15, 0.2) is 29.4 Å². The number of hydrogen-bond acceptors (Lipinski definition) is 5. The van der Waals surface area contributed by atoms with Gasteiger partial charge in [-0.05, 0) is 44.0 Å². The molecule has 0 aliphatic heterocycles. The predicted molar refractivity (Wildman–Crippen MR) is 98.6 cm³/mol. The van der Waals surface area contributed by atoms with Crippen molar-refractivity contribution in [2.75, 3.05) is 7.11 Å². The number of primary amides is 1. The predicted octanol–water partition coefficient (Wildman–Crippen LogP) is 3.42. The Morgan fingerprint density at radius 3 is 2.52 bits per heavy atom. The van der Waals surface area contributed by atoms with Gasteiger partial charge in [-0.3, -0.25) is 9.36 Å². The van der Waals surface area contributed by atoms with Gasteiger partial charge in [0.1, 0.15) is 5.75 Å². The number of rotatable bonds is 6. The number of nitrogens with zero attached hydrogens (tertiary/aromatic N) is 3. The summed E-state index contributed by atoms with van der Waals surface area (Å²) in [6.45, 7) is 1.81. The van der Waals surface area contributed by atoms with Crippen molar-refractivity contribution in [1.82, 2.24) is 14.8 Å². The summed E-state index contributed by atoms with van der Waals surface area (Å²) in [4.78, 5) is 11.5. The normalized spacial score (nSPS) is 16.6. The Balaban J connectivity index is 1.98. The molecule has 7 heteroatoms. The summed E-state index contributed by atoms with van der Waals surface area (Å²) in [6.07, 6.45) is 5.91. The van der Waals surface area contributed by atoms with Gasteiger partial charge in [0.05, 0.1) is 12.4 Å². The summed E-state index contributed by atoms with van der Waals surface area (Å²) in [7, 11) is 1.65. The van der Waals surface area contributed by atoms with E-state index in [1.807, 2.05) is 24.3 Å². The smallest absolute Gasteiger partial charge is 0.230 e. The zero-order chi connectivity index (χ0) is 17.8. The lowest BCUT2D eigenvalue weighted by Gasteiger charge is -2.26. The zero-order valence-corrected chi connectivity index (χ0v) is 15.5. The summed E-state index contributed by atoms with van der Waals surface area (Å²) < 4.78 is 7.44. The highest BCUT2D eigenvalue weighted by atomic mass is 32.2. The lowest BCUT2D eigenvalue weighted by Crippen LogP contribution is -2.23. The van der Waals surface area contributed by atoms with E-state index in [1.54, 1.807) is 14.0 Å². The first kappa shape index (κ1) is 17.8. The molecule has 134 valence electrons. The number of aromatic nitrogens is 3. The van der Waals surface area contributed by atoms with E-state index in [2.05, 4.69) is 14.8 Å². The van der Waals surface area contributed by atoms with Crippen LogP contribution in [0.25, 0.3) is 11.4 Å². The number of carbonyl (C=O) groups is 1. The Hall–Kier alpha value is -2.02. The van der Waals surface area contributed by atoms with Gasteiger partial charge in [-0.25, -0.2) is 0 Å². The number of hydrogen-bond donors (Lipinski definition) is 1. The molecule has 0 spiro atoms. The minimum absolute atomic E-state index is 0.338. The third-order valence-corrected chi connectivity index (χ3v) is 5.71. The molecular formula is C18H24N4O2S. The maximum atomic E-state index is 11.5. The number of ether oxygens (including phenoxy) is 1. The summed E-state index contributed by atoms with van der Waals surface area (Å²) in [5.74, 6) is 1.31. The molecule has 3 rings (SSSR count). The second-order valence-corrected chi connectivity index (χ2v) is 7.67. The Kier molecular flexibility index (Phi) is 5.63. The second-order valence-electron chi connectivity index (χ2n) is 6.36. The Morgan fingerprint density at radius 1 is 1.24 bits per heavy atom. The fourth-order valence-electron chi connectivity index (χ4n) is 3.18. The second kappa shape index (κ2) is 7.91. The van der Waals surface area contributed by atoms with Crippen molar-refractivity contribution in [3.05, 3.63) is 24.3 Å². The van der Waals surface area contributed by atoms with Gasteiger partial charge in [-0.15, -0.1) is 10.2 Å². The molecule has 1 heterocycles. The van der Waals surface area contributed by atoms with Crippen LogP contribution in [0.4, 0.5) is 0 Å². The van der Waals surface area contributed by atoms with Gasteiger partial charge in [0, 0.05) is 11.6 Å². The monoisotopic (exact) mass is 360 g/mol. The van der Waals surface area contributed by atoms with Crippen LogP contribution in [-0.2, 0) is 4.79 Å². The lowest BCUT2D eigenvalue weighted by molar-refractivity contribution is -0.117. The van der Waals surface area contributed by atoms with Gasteiger partial charge in [0.25, 0.3) is 0 Å². The SMILES string of the molecule is COc1ccc(-c2nnc(SC(C)C(N)=O)n2C2CCCCC2)cc1. The van der Waals surface area contributed by atoms with E-state index < -0.39 is 0 Å². The third kappa shape index (κ3) is 3.98. The topological polar surface area (TPSA) is 83.0 Å². The van der Waals surface area contributed by atoms with Crippen LogP contribution in [0, 0.1) is 0 Å². The molecule has 1 aliphatic rings. The molecule has 1 unspecified atom stereocenters. The van der Waals surface area contributed by atoms with Crippen molar-refractivity contribution >= 4 is 17.7 Å². The molecule has 1 fully saturated rings. The van der Waals surface area contributed by atoms with Crippen LogP contribution in [-0.4, -0.2) is 33.0 Å². The molecule has 2 N–H and O–H groups in total. The molecule has 1 saturated carbocycles. The molecule has 1 amide bonds. The fraction of sp³-hybridized carbons (Fsp3) is 0.500. The molecule has 1 aromatic heterocycles. The first-order valence-electron chi connectivity index (χ1n) is 8.65. The average molecular weight is 360 g/mol. The summed E-state index contributed by atoms with van der Waals surface area (Å²) in [6, 6.07) is 8.20. The van der Waals surface area contributed by atoms with E-state index >= 15 is 0 Å². The Morgan fingerprint density at radius 2 is 1.92 bits per heavy atom. The minimum Gasteiger partial charge on any atom is -0.497 e. The number of benzene rings is 1. The Labute approximate surface area is 152 Å². The maximum Gasteiger partial charge on any atom is 0.230 e. The van der Waals surface area contributed by atoms with E-state index in [0.29, 0.717) is 6.04 Å². The van der Waals surface area contributed by atoms with Crippen LogP contribution < -0.4 is 10.5 Å². The van der Waals surface area contributed by atoms with Gasteiger partial charge >= 0.3 is 0 Å². The molecule has 0 saturated heterocycles. The van der Waals surface area contributed by atoms with Crippen molar-refractivity contribution in [1.29, 1.82) is 0 Å². The van der Waals surface area contributed by atoms with Crippen molar-refractivity contribution in [2.45, 2.75) is 55.5 Å². The fourth-order valence-corrected chi connectivity index (χ4v) is 4.05. The highest BCUT2D eigenvalue weighted by Crippen LogP contribution is 2.36. The van der Waals surface area contributed by atoms with Crippen molar-refractivity contribution in [3.8, 4) is 17.1 Å². The molecule has 1 aliphatic carbocycles. The largest absolute Gasteiger partial charge is 0.497 e. The first-order valence-corrected chi connectivity index (χ1v) is 9.53. The van der Waals surface area contributed by atoms with E-state index in [0.717, 1.165) is 35.1 Å². The molecule has 1 atom stereocenters. The van der Waals surface area contributed by atoms with Crippen molar-refractivity contribution in [2.24, 2.45) is 5.73 Å². The lowest BCUT2D eigenvalue weighted by atomic mass is 9.95. The van der Waals surface area contributed by atoms with E-state index in [1.165, 1.54) is 31.0 Å². The molecule has 25 heavy (non-hydrogen) atoms. The summed E-state index contributed by atoms with van der Waals surface area (Å²) >= 11 is 1.39. The summed E-state index contributed by atoms with van der Waals surface area (Å²) in [5.41, 5.74) is 6.43. The van der Waals surface area contributed by atoms with Crippen molar-refractivity contribution in [3.63, 3.8) is 0 Å². The zero-order valence-electron chi connectivity index (χ0n) is 14.6. The average Bonchev–Trinajstić information content (AvgIpc) is 3.06. The van der Waals surface area contributed by atoms with Gasteiger partial charge in [0.15, 0.2) is 11.0 Å². The standard InChI is InChI=1S/C18H24N4O2S/c1-12(16(19)23)25-18-21-20-17(13-8-10-15(24-2)11-9-13)22(18)14-6-4-3-5-7-14/h8-12,14H,3-7H2,1-2H3,(H2,19,23). The number of amides is 1. The minimum atomic E-state index is -0.339. The molecule has 0 radical (unpaired) electrons. The van der Waals surface area contributed by atoms with Gasteiger partial charge in [-0.2, -0.15) is 0 Å². The Bertz CT molecular complexity index is 723. The summed E-state index contributed by atoms with van der Waals surface area (Å²) in [5, 5.41) is 9.23. The number of methoxy groups -OCH3 is 1. The maximum absolute atomic E-state index is 11.5. The van der Waals surface area contributed by atoms with Gasteiger partial charge in [0.2, 0.25) is 5.91 Å². The van der Waals surface area contributed by atoms with E-state index in [9.17, 15) is 4.79 Å². The van der Waals surface area contributed by atoms with Crippen LogP contribution in [0.2, 0.25) is 0 Å².